The molecule has 0 spiro atoms. The van der Waals surface area contributed by atoms with Crippen molar-refractivity contribution in [1.29, 1.82) is 0 Å². The molecule has 7 nitrogen and oxygen atoms in total. The second-order valence-electron chi connectivity index (χ2n) is 4.86. The molecule has 1 N–H and O–H groups in total. The van der Waals surface area contributed by atoms with Crippen molar-refractivity contribution in [1.82, 2.24) is 13.9 Å². The van der Waals surface area contributed by atoms with Crippen LogP contribution in [-0.4, -0.2) is 83.7 Å². The Labute approximate surface area is 134 Å². The molecule has 0 aromatic carbocycles. The van der Waals surface area contributed by atoms with E-state index in [-0.39, 0.29) is 18.4 Å². The monoisotopic (exact) mass is 345 g/mol. The summed E-state index contributed by atoms with van der Waals surface area (Å²) in [5, 5.41) is 3.06. The number of rotatable bonds is 10. The summed E-state index contributed by atoms with van der Waals surface area (Å²) in [6, 6.07) is 0.0394. The number of nitrogens with one attached hydrogen (secondary N) is 1. The van der Waals surface area contributed by atoms with Crippen molar-refractivity contribution in [3.05, 3.63) is 0 Å². The van der Waals surface area contributed by atoms with Crippen LogP contribution in [0.3, 0.4) is 0 Å². The Bertz CT molecular complexity index is 362. The molecule has 1 heterocycles. The molecule has 1 aliphatic heterocycles. The molecule has 21 heavy (non-hydrogen) atoms. The summed E-state index contributed by atoms with van der Waals surface area (Å²) in [7, 11) is 1.53. The third-order valence-corrected chi connectivity index (χ3v) is 5.57. The van der Waals surface area contributed by atoms with Gasteiger partial charge < -0.3 is 14.8 Å². The van der Waals surface area contributed by atoms with Crippen molar-refractivity contribution in [2.24, 2.45) is 0 Å². The summed E-state index contributed by atoms with van der Waals surface area (Å²) in [5.41, 5.74) is 0. The van der Waals surface area contributed by atoms with Crippen molar-refractivity contribution < 1.29 is 17.9 Å². The van der Waals surface area contributed by atoms with Gasteiger partial charge in [-0.05, 0) is 19.9 Å². The normalized spacial score (nSPS) is 19.9. The first-order valence-corrected chi connectivity index (χ1v) is 8.37. The molecule has 1 aliphatic rings. The highest BCUT2D eigenvalue weighted by Gasteiger charge is 2.37. The highest BCUT2D eigenvalue weighted by molar-refractivity contribution is 7.86. The molecule has 0 saturated carbocycles. The summed E-state index contributed by atoms with van der Waals surface area (Å²) in [4.78, 5) is 0. The van der Waals surface area contributed by atoms with Gasteiger partial charge in [0.1, 0.15) is 0 Å². The largest absolute Gasteiger partial charge is 0.383 e. The van der Waals surface area contributed by atoms with Crippen LogP contribution in [0.2, 0.25) is 0 Å². The van der Waals surface area contributed by atoms with Gasteiger partial charge in [-0.25, -0.2) is 0 Å². The molecule has 0 aromatic rings. The lowest BCUT2D eigenvalue weighted by molar-refractivity contribution is 0.146. The average molecular weight is 346 g/mol. The van der Waals surface area contributed by atoms with Gasteiger partial charge >= 0.3 is 0 Å². The van der Waals surface area contributed by atoms with Crippen LogP contribution in [0.4, 0.5) is 0 Å². The molecule has 128 valence electrons. The van der Waals surface area contributed by atoms with E-state index in [0.717, 1.165) is 12.8 Å². The van der Waals surface area contributed by atoms with E-state index in [1.807, 2.05) is 7.05 Å². The Morgan fingerprint density at radius 2 is 1.81 bits per heavy atom. The van der Waals surface area contributed by atoms with Gasteiger partial charge in [-0.1, -0.05) is 0 Å². The first-order chi connectivity index (χ1) is 9.57. The molecule has 0 aromatic heterocycles. The summed E-state index contributed by atoms with van der Waals surface area (Å²) in [5.74, 6) is 0. The van der Waals surface area contributed by atoms with E-state index < -0.39 is 10.2 Å². The predicted molar refractivity (Wildman–Crippen MR) is 85.1 cm³/mol. The molecule has 0 bridgehead atoms. The van der Waals surface area contributed by atoms with Crippen molar-refractivity contribution >= 4 is 22.6 Å². The second kappa shape index (κ2) is 10.7. The van der Waals surface area contributed by atoms with Crippen molar-refractivity contribution in [3.63, 3.8) is 0 Å². The molecule has 9 heteroatoms. The Kier molecular flexibility index (Phi) is 10.7. The van der Waals surface area contributed by atoms with E-state index in [9.17, 15) is 8.42 Å². The zero-order valence-electron chi connectivity index (χ0n) is 13.1. The topological polar surface area (TPSA) is 71.1 Å². The van der Waals surface area contributed by atoms with E-state index in [1.54, 1.807) is 18.5 Å². The van der Waals surface area contributed by atoms with Crippen LogP contribution < -0.4 is 5.32 Å². The minimum absolute atomic E-state index is 0. The third-order valence-electron chi connectivity index (χ3n) is 3.48. The highest BCUT2D eigenvalue weighted by Crippen LogP contribution is 2.22. The summed E-state index contributed by atoms with van der Waals surface area (Å²) in [6.45, 7) is 2.74. The van der Waals surface area contributed by atoms with E-state index in [4.69, 9.17) is 9.47 Å². The Hall–Kier alpha value is 0.0400. The van der Waals surface area contributed by atoms with Gasteiger partial charge in [0, 0.05) is 46.4 Å². The molecule has 0 aliphatic carbocycles. The number of ether oxygens (including phenoxy) is 2. The maximum Gasteiger partial charge on any atom is 0.282 e. The van der Waals surface area contributed by atoms with Crippen LogP contribution in [0.25, 0.3) is 0 Å². The van der Waals surface area contributed by atoms with Crippen molar-refractivity contribution in [2.75, 3.05) is 60.7 Å². The zero-order valence-corrected chi connectivity index (χ0v) is 14.7. The average Bonchev–Trinajstić information content (AvgIpc) is 2.88. The number of methoxy groups -OCH3 is 2. The van der Waals surface area contributed by atoms with E-state index in [2.05, 4.69) is 5.32 Å². The standard InChI is InChI=1S/C12H27N3O4S.ClH/c1-13-11-12-5-4-6-15(12)20(16,17)14(7-9-18-2)8-10-19-3;/h12-13H,4-11H2,1-3H3;1H. The zero-order chi connectivity index (χ0) is 15.0. The van der Waals surface area contributed by atoms with Gasteiger partial charge in [-0.15, -0.1) is 12.4 Å². The second-order valence-corrected chi connectivity index (χ2v) is 6.74. The fraction of sp³-hybridized carbons (Fsp3) is 1.00. The number of halogens is 1. The number of hydrogen-bond acceptors (Lipinski definition) is 5. The number of hydrogen-bond donors (Lipinski definition) is 1. The fourth-order valence-electron chi connectivity index (χ4n) is 2.43. The minimum Gasteiger partial charge on any atom is -0.383 e. The Balaban J connectivity index is 0.00000400. The smallest absolute Gasteiger partial charge is 0.282 e. The Morgan fingerprint density at radius 1 is 1.24 bits per heavy atom. The molecular formula is C12H28ClN3O4S. The van der Waals surface area contributed by atoms with Gasteiger partial charge in [0.15, 0.2) is 0 Å². The van der Waals surface area contributed by atoms with Crippen LogP contribution in [0, 0.1) is 0 Å². The van der Waals surface area contributed by atoms with Gasteiger partial charge in [-0.2, -0.15) is 17.0 Å². The van der Waals surface area contributed by atoms with Gasteiger partial charge in [-0.3, -0.25) is 0 Å². The lowest BCUT2D eigenvalue weighted by Gasteiger charge is -2.30. The van der Waals surface area contributed by atoms with Gasteiger partial charge in [0.25, 0.3) is 10.2 Å². The fourth-order valence-corrected chi connectivity index (χ4v) is 4.25. The van der Waals surface area contributed by atoms with Crippen LogP contribution in [0.15, 0.2) is 0 Å². The molecule has 0 amide bonds. The number of nitrogens with zero attached hydrogens (tertiary/aromatic N) is 2. The highest BCUT2D eigenvalue weighted by atomic mass is 35.5. The van der Waals surface area contributed by atoms with Crippen LogP contribution in [-0.2, 0) is 19.7 Å². The third kappa shape index (κ3) is 5.97. The summed E-state index contributed by atoms with van der Waals surface area (Å²) < 4.78 is 38.6. The molecule has 1 atom stereocenters. The van der Waals surface area contributed by atoms with Crippen LogP contribution >= 0.6 is 12.4 Å². The van der Waals surface area contributed by atoms with E-state index in [1.165, 1.54) is 4.31 Å². The molecule has 1 unspecified atom stereocenters. The first kappa shape index (κ1) is 21.0. The molecule has 1 rings (SSSR count). The lowest BCUT2D eigenvalue weighted by atomic mass is 10.2. The maximum absolute atomic E-state index is 12.7. The van der Waals surface area contributed by atoms with Crippen LogP contribution in [0.5, 0.6) is 0 Å². The summed E-state index contributed by atoms with van der Waals surface area (Å²) in [6.07, 6.45) is 1.82. The minimum atomic E-state index is -3.45. The lowest BCUT2D eigenvalue weighted by Crippen LogP contribution is -2.50. The molecule has 0 radical (unpaired) electrons. The van der Waals surface area contributed by atoms with Crippen molar-refractivity contribution in [3.8, 4) is 0 Å². The summed E-state index contributed by atoms with van der Waals surface area (Å²) >= 11 is 0. The quantitative estimate of drug-likeness (QED) is 0.600. The molecular weight excluding hydrogens is 318 g/mol. The van der Waals surface area contributed by atoms with Gasteiger partial charge in [0.05, 0.1) is 13.2 Å². The van der Waals surface area contributed by atoms with Crippen molar-refractivity contribution in [2.45, 2.75) is 18.9 Å². The number of likely N-dealkylation sites (N-methyl/N-ethyl adjacent to an activating group) is 1. The first-order valence-electron chi connectivity index (χ1n) is 6.97. The molecule has 1 fully saturated rings. The SMILES string of the molecule is CNCC1CCCN1S(=O)(=O)N(CCOC)CCOC.Cl. The maximum atomic E-state index is 12.7. The van der Waals surface area contributed by atoms with Gasteiger partial charge in [0.2, 0.25) is 0 Å². The van der Waals surface area contributed by atoms with E-state index >= 15 is 0 Å². The molecule has 1 saturated heterocycles. The van der Waals surface area contributed by atoms with E-state index in [0.29, 0.717) is 39.4 Å². The Morgan fingerprint density at radius 3 is 2.29 bits per heavy atom. The van der Waals surface area contributed by atoms with Crippen LogP contribution in [0.1, 0.15) is 12.8 Å². The predicted octanol–water partition coefficient (Wildman–Crippen LogP) is -0.0684.